The lowest BCUT2D eigenvalue weighted by atomic mass is 10.1. The van der Waals surface area contributed by atoms with Gasteiger partial charge in [-0.1, -0.05) is 6.07 Å². The molecule has 2 nitrogen and oxygen atoms in total. The van der Waals surface area contributed by atoms with E-state index in [1.807, 2.05) is 0 Å². The molecule has 2 N–H and O–H groups in total. The first-order valence-corrected chi connectivity index (χ1v) is 5.56. The van der Waals surface area contributed by atoms with E-state index in [1.54, 1.807) is 11.8 Å². The summed E-state index contributed by atoms with van der Waals surface area (Å²) in [5, 5.41) is 0. The van der Waals surface area contributed by atoms with Crippen LogP contribution in [0.2, 0.25) is 0 Å². The zero-order valence-electron chi connectivity index (χ0n) is 8.54. The molecule has 0 radical (unpaired) electrons. The fourth-order valence-corrected chi connectivity index (χ4v) is 2.04. The minimum atomic E-state index is -0.235. The van der Waals surface area contributed by atoms with E-state index >= 15 is 0 Å². The largest absolute Gasteiger partial charge is 0.370 e. The van der Waals surface area contributed by atoms with Crippen LogP contribution in [0.15, 0.2) is 23.1 Å². The van der Waals surface area contributed by atoms with Crippen molar-refractivity contribution in [2.24, 2.45) is 5.73 Å². The number of carbonyl (C=O) groups excluding carboxylic acids is 1. The molecule has 0 saturated heterocycles. The number of rotatable bonds is 4. The van der Waals surface area contributed by atoms with Crippen molar-refractivity contribution < 1.29 is 4.79 Å². The summed E-state index contributed by atoms with van der Waals surface area (Å²) >= 11 is 1.67. The summed E-state index contributed by atoms with van der Waals surface area (Å²) in [5.41, 5.74) is 7.64. The first-order valence-electron chi connectivity index (χ1n) is 4.58. The Bertz CT molecular complexity index is 336. The smallest absolute Gasteiger partial charge is 0.218 e. The van der Waals surface area contributed by atoms with Gasteiger partial charge in [-0.2, -0.15) is 0 Å². The fraction of sp³-hybridized carbons (Fsp3) is 0.364. The van der Waals surface area contributed by atoms with Gasteiger partial charge in [0.25, 0.3) is 0 Å². The highest BCUT2D eigenvalue weighted by molar-refractivity contribution is 7.99. The van der Waals surface area contributed by atoms with Gasteiger partial charge < -0.3 is 5.73 Å². The minimum absolute atomic E-state index is 0.235. The van der Waals surface area contributed by atoms with Crippen LogP contribution in [0.1, 0.15) is 17.5 Å². The number of nitrogens with two attached hydrogens (primary N) is 1. The van der Waals surface area contributed by atoms with Crippen LogP contribution < -0.4 is 5.73 Å². The SMILES string of the molecule is Cc1ccc(SCCC(N)=O)cc1C. The molecule has 0 aromatic heterocycles. The molecule has 0 aliphatic rings. The number of benzene rings is 1. The van der Waals surface area contributed by atoms with E-state index in [4.69, 9.17) is 5.73 Å². The van der Waals surface area contributed by atoms with Crippen LogP contribution in [0.3, 0.4) is 0 Å². The van der Waals surface area contributed by atoms with Crippen LogP contribution in [-0.4, -0.2) is 11.7 Å². The maximum Gasteiger partial charge on any atom is 0.218 e. The van der Waals surface area contributed by atoms with Gasteiger partial charge in [0, 0.05) is 17.1 Å². The molecule has 0 fully saturated rings. The minimum Gasteiger partial charge on any atom is -0.370 e. The third kappa shape index (κ3) is 3.42. The number of carbonyl (C=O) groups is 1. The maximum atomic E-state index is 10.5. The highest BCUT2D eigenvalue weighted by atomic mass is 32.2. The monoisotopic (exact) mass is 209 g/mol. The second-order valence-corrected chi connectivity index (χ2v) is 4.48. The van der Waals surface area contributed by atoms with E-state index in [1.165, 1.54) is 16.0 Å². The summed E-state index contributed by atoms with van der Waals surface area (Å²) in [6, 6.07) is 6.32. The summed E-state index contributed by atoms with van der Waals surface area (Å²) in [7, 11) is 0. The van der Waals surface area contributed by atoms with Crippen LogP contribution in [0.4, 0.5) is 0 Å². The highest BCUT2D eigenvalue weighted by Gasteiger charge is 1.99. The summed E-state index contributed by atoms with van der Waals surface area (Å²) in [6.07, 6.45) is 0.442. The molecule has 14 heavy (non-hydrogen) atoms. The molecule has 0 unspecified atom stereocenters. The predicted molar refractivity (Wildman–Crippen MR) is 60.5 cm³/mol. The van der Waals surface area contributed by atoms with Gasteiger partial charge in [0.15, 0.2) is 0 Å². The molecule has 0 heterocycles. The third-order valence-corrected chi connectivity index (χ3v) is 3.09. The van der Waals surface area contributed by atoms with E-state index < -0.39 is 0 Å². The molecule has 0 spiro atoms. The summed E-state index contributed by atoms with van der Waals surface area (Å²) in [4.78, 5) is 11.7. The lowest BCUT2D eigenvalue weighted by molar-refractivity contribution is -0.117. The molecular formula is C11H15NOS. The van der Waals surface area contributed by atoms with Crippen molar-refractivity contribution in [1.29, 1.82) is 0 Å². The van der Waals surface area contributed by atoms with Crippen molar-refractivity contribution in [2.45, 2.75) is 25.2 Å². The maximum absolute atomic E-state index is 10.5. The molecule has 76 valence electrons. The van der Waals surface area contributed by atoms with Crippen molar-refractivity contribution in [2.75, 3.05) is 5.75 Å². The Labute approximate surface area is 88.9 Å². The van der Waals surface area contributed by atoms with Crippen LogP contribution in [-0.2, 0) is 4.79 Å². The average molecular weight is 209 g/mol. The van der Waals surface area contributed by atoms with Crippen molar-refractivity contribution in [3.8, 4) is 0 Å². The molecule has 0 atom stereocenters. The molecule has 0 saturated carbocycles. The van der Waals surface area contributed by atoms with Gasteiger partial charge >= 0.3 is 0 Å². The van der Waals surface area contributed by atoms with Crippen LogP contribution >= 0.6 is 11.8 Å². The van der Waals surface area contributed by atoms with Gasteiger partial charge in [-0.25, -0.2) is 0 Å². The van der Waals surface area contributed by atoms with Crippen LogP contribution in [0, 0.1) is 13.8 Å². The number of hydrogen-bond donors (Lipinski definition) is 1. The van der Waals surface area contributed by atoms with E-state index in [0.29, 0.717) is 6.42 Å². The summed E-state index contributed by atoms with van der Waals surface area (Å²) < 4.78 is 0. The zero-order chi connectivity index (χ0) is 10.6. The number of thioether (sulfide) groups is 1. The Morgan fingerprint density at radius 3 is 2.64 bits per heavy atom. The number of hydrogen-bond acceptors (Lipinski definition) is 2. The molecular weight excluding hydrogens is 194 g/mol. The van der Waals surface area contributed by atoms with E-state index in [-0.39, 0.29) is 5.91 Å². The van der Waals surface area contributed by atoms with Gasteiger partial charge in [-0.05, 0) is 37.1 Å². The second kappa shape index (κ2) is 5.05. The average Bonchev–Trinajstić information content (AvgIpc) is 2.10. The van der Waals surface area contributed by atoms with E-state index in [0.717, 1.165) is 5.75 Å². The Morgan fingerprint density at radius 1 is 1.36 bits per heavy atom. The molecule has 1 rings (SSSR count). The fourth-order valence-electron chi connectivity index (χ4n) is 1.07. The zero-order valence-corrected chi connectivity index (χ0v) is 9.36. The topological polar surface area (TPSA) is 43.1 Å². The molecule has 0 aliphatic heterocycles. The van der Waals surface area contributed by atoms with Crippen molar-refractivity contribution in [1.82, 2.24) is 0 Å². The lowest BCUT2D eigenvalue weighted by Gasteiger charge is -2.03. The number of amides is 1. The third-order valence-electron chi connectivity index (χ3n) is 2.10. The normalized spacial score (nSPS) is 10.1. The number of aryl methyl sites for hydroxylation is 2. The van der Waals surface area contributed by atoms with E-state index in [2.05, 4.69) is 32.0 Å². The second-order valence-electron chi connectivity index (χ2n) is 3.31. The van der Waals surface area contributed by atoms with Crippen LogP contribution in [0.25, 0.3) is 0 Å². The quantitative estimate of drug-likeness (QED) is 0.773. The van der Waals surface area contributed by atoms with Gasteiger partial charge in [0.1, 0.15) is 0 Å². The Morgan fingerprint density at radius 2 is 2.07 bits per heavy atom. The molecule has 1 aromatic carbocycles. The molecule has 0 aliphatic carbocycles. The first kappa shape index (κ1) is 11.1. The number of primary amides is 1. The molecule has 3 heteroatoms. The lowest BCUT2D eigenvalue weighted by Crippen LogP contribution is -2.10. The Balaban J connectivity index is 2.51. The molecule has 0 bridgehead atoms. The van der Waals surface area contributed by atoms with Gasteiger partial charge in [0.05, 0.1) is 0 Å². The Hall–Kier alpha value is -0.960. The van der Waals surface area contributed by atoms with Crippen molar-refractivity contribution in [3.63, 3.8) is 0 Å². The summed E-state index contributed by atoms with van der Waals surface area (Å²) in [5.74, 6) is 0.527. The first-order chi connectivity index (χ1) is 6.59. The van der Waals surface area contributed by atoms with Crippen molar-refractivity contribution in [3.05, 3.63) is 29.3 Å². The highest BCUT2D eigenvalue weighted by Crippen LogP contribution is 2.21. The van der Waals surface area contributed by atoms with Gasteiger partial charge in [-0.15, -0.1) is 11.8 Å². The van der Waals surface area contributed by atoms with E-state index in [9.17, 15) is 4.79 Å². The Kier molecular flexibility index (Phi) is 4.01. The van der Waals surface area contributed by atoms with Crippen molar-refractivity contribution >= 4 is 17.7 Å². The van der Waals surface area contributed by atoms with Gasteiger partial charge in [-0.3, -0.25) is 4.79 Å². The molecule has 1 amide bonds. The summed E-state index contributed by atoms with van der Waals surface area (Å²) in [6.45, 7) is 4.18. The standard InChI is InChI=1S/C11H15NOS/c1-8-3-4-10(7-9(8)2)14-6-5-11(12)13/h3-4,7H,5-6H2,1-2H3,(H2,12,13). The van der Waals surface area contributed by atoms with Crippen LogP contribution in [0.5, 0.6) is 0 Å². The predicted octanol–water partition coefficient (Wildman–Crippen LogP) is 2.27. The van der Waals surface area contributed by atoms with Gasteiger partial charge in [0.2, 0.25) is 5.91 Å². The molecule has 1 aromatic rings.